The van der Waals surface area contributed by atoms with Gasteiger partial charge in [0.05, 0.1) is 16.6 Å². The summed E-state index contributed by atoms with van der Waals surface area (Å²) in [5, 5.41) is 14.5. The van der Waals surface area contributed by atoms with Crippen LogP contribution in [0.5, 0.6) is 0 Å². The largest absolute Gasteiger partial charge is 0.481 e. The lowest BCUT2D eigenvalue weighted by molar-refractivity contribution is -0.138. The van der Waals surface area contributed by atoms with Crippen molar-refractivity contribution in [3.05, 3.63) is 17.8 Å². The van der Waals surface area contributed by atoms with Gasteiger partial charge in [0.1, 0.15) is 12.1 Å². The Kier molecular flexibility index (Phi) is 3.10. The first-order chi connectivity index (χ1) is 9.19. The molecule has 2 N–H and O–H groups in total. The zero-order valence-corrected chi connectivity index (χ0v) is 11.2. The Morgan fingerprint density at radius 3 is 2.95 bits per heavy atom. The molecule has 0 spiro atoms. The van der Waals surface area contributed by atoms with E-state index in [1.807, 2.05) is 11.4 Å². The number of carboxylic acid groups (broad SMARTS) is 1. The quantitative estimate of drug-likeness (QED) is 0.898. The van der Waals surface area contributed by atoms with Crippen molar-refractivity contribution >= 4 is 33.3 Å². The standard InChI is InChI=1S/C13H15N3O2S/c17-10(18)7-13(4-1-2-5-13)16-12-11-9(3-6-19-11)14-8-15-12/h3,6,8H,1-2,4-5,7H2,(H,17,18)(H,14,15,16). The number of carbonyl (C=O) groups is 1. The molecule has 0 aliphatic heterocycles. The minimum atomic E-state index is -0.758. The van der Waals surface area contributed by atoms with Crippen molar-refractivity contribution < 1.29 is 9.90 Å². The molecule has 1 aliphatic carbocycles. The SMILES string of the molecule is O=C(O)CC1(Nc2ncnc3ccsc23)CCCC1. The number of hydrogen-bond acceptors (Lipinski definition) is 5. The summed E-state index contributed by atoms with van der Waals surface area (Å²) < 4.78 is 0.999. The molecule has 0 amide bonds. The van der Waals surface area contributed by atoms with Gasteiger partial charge >= 0.3 is 5.97 Å². The van der Waals surface area contributed by atoms with E-state index in [1.54, 1.807) is 11.3 Å². The Morgan fingerprint density at radius 1 is 1.42 bits per heavy atom. The molecule has 2 aromatic heterocycles. The van der Waals surface area contributed by atoms with Crippen LogP contribution in [0.25, 0.3) is 10.2 Å². The number of carboxylic acids is 1. The van der Waals surface area contributed by atoms with Crippen molar-refractivity contribution in [2.24, 2.45) is 0 Å². The van der Waals surface area contributed by atoms with E-state index in [0.29, 0.717) is 0 Å². The van der Waals surface area contributed by atoms with Crippen molar-refractivity contribution in [2.45, 2.75) is 37.6 Å². The molecule has 0 unspecified atom stereocenters. The van der Waals surface area contributed by atoms with Crippen LogP contribution in [0.4, 0.5) is 5.82 Å². The molecule has 0 saturated heterocycles. The van der Waals surface area contributed by atoms with Gasteiger partial charge in [-0.2, -0.15) is 0 Å². The fourth-order valence-electron chi connectivity index (χ4n) is 2.82. The van der Waals surface area contributed by atoms with Gasteiger partial charge in [0.2, 0.25) is 0 Å². The van der Waals surface area contributed by atoms with Crippen LogP contribution in [-0.2, 0) is 4.79 Å². The molecule has 0 radical (unpaired) electrons. The summed E-state index contributed by atoms with van der Waals surface area (Å²) in [6, 6.07) is 1.95. The van der Waals surface area contributed by atoms with E-state index in [4.69, 9.17) is 5.11 Å². The first kappa shape index (κ1) is 12.3. The molecular formula is C13H15N3O2S. The molecule has 0 atom stereocenters. The maximum atomic E-state index is 11.1. The van der Waals surface area contributed by atoms with E-state index >= 15 is 0 Å². The fourth-order valence-corrected chi connectivity index (χ4v) is 3.61. The molecule has 1 saturated carbocycles. The summed E-state index contributed by atoms with van der Waals surface area (Å²) in [4.78, 5) is 19.6. The number of thiophene rings is 1. The number of anilines is 1. The summed E-state index contributed by atoms with van der Waals surface area (Å²) in [6.07, 6.45) is 5.58. The summed E-state index contributed by atoms with van der Waals surface area (Å²) in [5.41, 5.74) is 0.558. The third-order valence-corrected chi connectivity index (χ3v) is 4.59. The number of rotatable bonds is 4. The highest BCUT2D eigenvalue weighted by atomic mass is 32.1. The Hall–Kier alpha value is -1.69. The average molecular weight is 277 g/mol. The molecule has 19 heavy (non-hydrogen) atoms. The van der Waals surface area contributed by atoms with Crippen molar-refractivity contribution in [3.63, 3.8) is 0 Å². The molecule has 5 nitrogen and oxygen atoms in total. The van der Waals surface area contributed by atoms with Gasteiger partial charge in [0, 0.05) is 5.54 Å². The molecule has 0 bridgehead atoms. The van der Waals surface area contributed by atoms with Crippen LogP contribution in [0.1, 0.15) is 32.1 Å². The van der Waals surface area contributed by atoms with Crippen LogP contribution in [0.2, 0.25) is 0 Å². The smallest absolute Gasteiger partial charge is 0.305 e. The number of hydrogen-bond donors (Lipinski definition) is 2. The molecule has 0 aromatic carbocycles. The number of nitrogens with one attached hydrogen (secondary N) is 1. The van der Waals surface area contributed by atoms with Gasteiger partial charge in [-0.15, -0.1) is 11.3 Å². The van der Waals surface area contributed by atoms with E-state index in [0.717, 1.165) is 41.7 Å². The highest BCUT2D eigenvalue weighted by molar-refractivity contribution is 7.17. The summed E-state index contributed by atoms with van der Waals surface area (Å²) in [7, 11) is 0. The summed E-state index contributed by atoms with van der Waals surface area (Å²) in [6.45, 7) is 0. The lowest BCUT2D eigenvalue weighted by Crippen LogP contribution is -2.37. The molecule has 3 rings (SSSR count). The van der Waals surface area contributed by atoms with Crippen LogP contribution in [0.3, 0.4) is 0 Å². The third kappa shape index (κ3) is 2.40. The summed E-state index contributed by atoms with van der Waals surface area (Å²) in [5.74, 6) is 0.00836. The molecule has 2 aromatic rings. The minimum absolute atomic E-state index is 0.143. The van der Waals surface area contributed by atoms with E-state index < -0.39 is 5.97 Å². The van der Waals surface area contributed by atoms with Crippen molar-refractivity contribution in [3.8, 4) is 0 Å². The van der Waals surface area contributed by atoms with Crippen LogP contribution in [-0.4, -0.2) is 26.6 Å². The second kappa shape index (κ2) is 4.77. The highest BCUT2D eigenvalue weighted by Crippen LogP contribution is 2.37. The van der Waals surface area contributed by atoms with Crippen molar-refractivity contribution in [2.75, 3.05) is 5.32 Å². The van der Waals surface area contributed by atoms with Gasteiger partial charge < -0.3 is 10.4 Å². The monoisotopic (exact) mass is 277 g/mol. The summed E-state index contributed by atoms with van der Waals surface area (Å²) >= 11 is 1.58. The Balaban J connectivity index is 1.93. The normalized spacial score (nSPS) is 17.7. The minimum Gasteiger partial charge on any atom is -0.481 e. The zero-order valence-electron chi connectivity index (χ0n) is 10.4. The predicted molar refractivity (Wildman–Crippen MR) is 74.5 cm³/mol. The van der Waals surface area contributed by atoms with Gasteiger partial charge in [-0.25, -0.2) is 9.97 Å². The van der Waals surface area contributed by atoms with Crippen LogP contribution >= 0.6 is 11.3 Å². The van der Waals surface area contributed by atoms with Crippen molar-refractivity contribution in [1.29, 1.82) is 0 Å². The number of aromatic nitrogens is 2. The van der Waals surface area contributed by atoms with E-state index in [1.165, 1.54) is 6.33 Å². The van der Waals surface area contributed by atoms with Crippen molar-refractivity contribution in [1.82, 2.24) is 9.97 Å². The van der Waals surface area contributed by atoms with Gasteiger partial charge in [0.15, 0.2) is 0 Å². The number of aliphatic carboxylic acids is 1. The molecule has 2 heterocycles. The Morgan fingerprint density at radius 2 is 2.21 bits per heavy atom. The van der Waals surface area contributed by atoms with E-state index in [2.05, 4.69) is 15.3 Å². The second-order valence-corrected chi connectivity index (χ2v) is 5.96. The van der Waals surface area contributed by atoms with Gasteiger partial charge in [-0.05, 0) is 24.3 Å². The Bertz CT molecular complexity index is 605. The lowest BCUT2D eigenvalue weighted by atomic mass is 9.93. The first-order valence-electron chi connectivity index (χ1n) is 6.37. The lowest BCUT2D eigenvalue weighted by Gasteiger charge is -2.29. The van der Waals surface area contributed by atoms with Crippen LogP contribution in [0.15, 0.2) is 17.8 Å². The zero-order chi connectivity index (χ0) is 13.3. The molecular weight excluding hydrogens is 262 g/mol. The Labute approximate surface area is 114 Å². The predicted octanol–water partition coefficient (Wildman–Crippen LogP) is 2.89. The van der Waals surface area contributed by atoms with Gasteiger partial charge in [0.25, 0.3) is 0 Å². The number of fused-ring (bicyclic) bond motifs is 1. The molecule has 1 aliphatic rings. The first-order valence-corrected chi connectivity index (χ1v) is 7.25. The average Bonchev–Trinajstić information content (AvgIpc) is 2.98. The highest BCUT2D eigenvalue weighted by Gasteiger charge is 2.36. The topological polar surface area (TPSA) is 75.1 Å². The van der Waals surface area contributed by atoms with Gasteiger partial charge in [-0.3, -0.25) is 4.79 Å². The maximum Gasteiger partial charge on any atom is 0.305 e. The molecule has 1 fully saturated rings. The van der Waals surface area contributed by atoms with Crippen LogP contribution in [0, 0.1) is 0 Å². The van der Waals surface area contributed by atoms with E-state index in [9.17, 15) is 4.79 Å². The molecule has 100 valence electrons. The second-order valence-electron chi connectivity index (χ2n) is 5.04. The van der Waals surface area contributed by atoms with Crippen LogP contribution < -0.4 is 5.32 Å². The fraction of sp³-hybridized carbons (Fsp3) is 0.462. The molecule has 6 heteroatoms. The van der Waals surface area contributed by atoms with Gasteiger partial charge in [-0.1, -0.05) is 12.8 Å². The van der Waals surface area contributed by atoms with E-state index in [-0.39, 0.29) is 12.0 Å². The maximum absolute atomic E-state index is 11.1. The number of nitrogens with zero attached hydrogens (tertiary/aromatic N) is 2. The third-order valence-electron chi connectivity index (χ3n) is 3.68.